The summed E-state index contributed by atoms with van der Waals surface area (Å²) in [6, 6.07) is 22.5. The van der Waals surface area contributed by atoms with E-state index in [1.165, 1.54) is 0 Å². The van der Waals surface area contributed by atoms with E-state index in [0.29, 0.717) is 29.9 Å². The Balaban J connectivity index is 1.73. The number of halogens is 1. The van der Waals surface area contributed by atoms with Gasteiger partial charge in [0, 0.05) is 5.56 Å². The summed E-state index contributed by atoms with van der Waals surface area (Å²) in [7, 11) is 1.62. The zero-order valence-electron chi connectivity index (χ0n) is 15.8. The van der Waals surface area contributed by atoms with Gasteiger partial charge in [0.1, 0.15) is 23.9 Å². The van der Waals surface area contributed by atoms with E-state index in [9.17, 15) is 4.79 Å². The number of benzene rings is 3. The predicted molar refractivity (Wildman–Crippen MR) is 118 cm³/mol. The molecule has 0 aliphatic carbocycles. The highest BCUT2D eigenvalue weighted by Gasteiger charge is 2.13. The van der Waals surface area contributed by atoms with Crippen LogP contribution in [0.1, 0.15) is 0 Å². The van der Waals surface area contributed by atoms with Gasteiger partial charge in [-0.3, -0.25) is 9.36 Å². The highest BCUT2D eigenvalue weighted by atomic mass is 79.9. The minimum atomic E-state index is -0.0860. The quantitative estimate of drug-likeness (QED) is 0.418. The van der Waals surface area contributed by atoms with Gasteiger partial charge < -0.3 is 9.47 Å². The van der Waals surface area contributed by atoms with Crippen molar-refractivity contribution in [3.8, 4) is 22.9 Å². The van der Waals surface area contributed by atoms with Crippen molar-refractivity contribution in [2.24, 2.45) is 0 Å². The first-order chi connectivity index (χ1) is 14.2. The van der Waals surface area contributed by atoms with Crippen molar-refractivity contribution in [3.63, 3.8) is 0 Å². The van der Waals surface area contributed by atoms with E-state index in [4.69, 9.17) is 14.5 Å². The first-order valence-corrected chi connectivity index (χ1v) is 9.98. The highest BCUT2D eigenvalue weighted by molar-refractivity contribution is 9.10. The molecule has 0 radical (unpaired) electrons. The summed E-state index contributed by atoms with van der Waals surface area (Å²) >= 11 is 3.48. The Hall–Kier alpha value is -3.12. The SMILES string of the molecule is COc1ccc(-c2nc3ccccc3c(=O)n2CCOc2ccccc2Br)cc1. The fourth-order valence-corrected chi connectivity index (χ4v) is 3.54. The van der Waals surface area contributed by atoms with E-state index < -0.39 is 0 Å². The molecule has 146 valence electrons. The van der Waals surface area contributed by atoms with E-state index in [0.717, 1.165) is 21.5 Å². The molecule has 4 aromatic rings. The minimum Gasteiger partial charge on any atom is -0.497 e. The number of ether oxygens (including phenoxy) is 2. The highest BCUT2D eigenvalue weighted by Crippen LogP contribution is 2.25. The van der Waals surface area contributed by atoms with Crippen LogP contribution in [0.2, 0.25) is 0 Å². The maximum atomic E-state index is 13.2. The topological polar surface area (TPSA) is 53.3 Å². The van der Waals surface area contributed by atoms with Gasteiger partial charge in [-0.05, 0) is 64.5 Å². The van der Waals surface area contributed by atoms with Crippen molar-refractivity contribution in [3.05, 3.63) is 87.6 Å². The molecule has 3 aromatic carbocycles. The first-order valence-electron chi connectivity index (χ1n) is 9.19. The van der Waals surface area contributed by atoms with Gasteiger partial charge in [0.2, 0.25) is 0 Å². The van der Waals surface area contributed by atoms with Crippen LogP contribution in [0.25, 0.3) is 22.3 Å². The lowest BCUT2D eigenvalue weighted by Crippen LogP contribution is -2.26. The van der Waals surface area contributed by atoms with Gasteiger partial charge in [-0.15, -0.1) is 0 Å². The molecule has 0 amide bonds. The van der Waals surface area contributed by atoms with Gasteiger partial charge >= 0.3 is 0 Å². The summed E-state index contributed by atoms with van der Waals surface area (Å²) in [5, 5.41) is 0.589. The fraction of sp³-hybridized carbons (Fsp3) is 0.130. The summed E-state index contributed by atoms with van der Waals surface area (Å²) in [6.45, 7) is 0.713. The molecule has 0 atom stereocenters. The lowest BCUT2D eigenvalue weighted by Gasteiger charge is -2.15. The second-order valence-corrected chi connectivity index (χ2v) is 7.27. The Morgan fingerprint density at radius 1 is 0.966 bits per heavy atom. The number of hydrogen-bond donors (Lipinski definition) is 0. The van der Waals surface area contributed by atoms with Crippen LogP contribution in [0.3, 0.4) is 0 Å². The number of nitrogens with zero attached hydrogens (tertiary/aromatic N) is 2. The van der Waals surface area contributed by atoms with E-state index >= 15 is 0 Å². The summed E-state index contributed by atoms with van der Waals surface area (Å²) in [5.41, 5.74) is 1.43. The van der Waals surface area contributed by atoms with Crippen LogP contribution in [0.15, 0.2) is 82.1 Å². The summed E-state index contributed by atoms with van der Waals surface area (Å²) < 4.78 is 13.7. The van der Waals surface area contributed by atoms with Crippen LogP contribution in [0, 0.1) is 0 Å². The average Bonchev–Trinajstić information content (AvgIpc) is 2.76. The van der Waals surface area contributed by atoms with Crippen LogP contribution in [-0.4, -0.2) is 23.3 Å². The second kappa shape index (κ2) is 8.49. The molecule has 0 unspecified atom stereocenters. The number of methoxy groups -OCH3 is 1. The van der Waals surface area contributed by atoms with Crippen LogP contribution < -0.4 is 15.0 Å². The Kier molecular flexibility index (Phi) is 5.62. The molecule has 4 rings (SSSR count). The molecule has 1 aromatic heterocycles. The number of hydrogen-bond acceptors (Lipinski definition) is 4. The van der Waals surface area contributed by atoms with E-state index in [1.807, 2.05) is 66.7 Å². The van der Waals surface area contributed by atoms with Gasteiger partial charge in [0.05, 0.1) is 29.0 Å². The van der Waals surface area contributed by atoms with Crippen molar-refractivity contribution >= 4 is 26.8 Å². The van der Waals surface area contributed by atoms with E-state index in [2.05, 4.69) is 15.9 Å². The normalized spacial score (nSPS) is 10.8. The lowest BCUT2D eigenvalue weighted by atomic mass is 10.1. The number of rotatable bonds is 6. The smallest absolute Gasteiger partial charge is 0.261 e. The summed E-state index contributed by atoms with van der Waals surface area (Å²) in [4.78, 5) is 18.0. The molecule has 0 fully saturated rings. The number of aromatic nitrogens is 2. The average molecular weight is 451 g/mol. The molecular formula is C23H19BrN2O3. The third kappa shape index (κ3) is 4.03. The molecule has 29 heavy (non-hydrogen) atoms. The van der Waals surface area contributed by atoms with Crippen molar-refractivity contribution in [2.45, 2.75) is 6.54 Å². The second-order valence-electron chi connectivity index (χ2n) is 6.42. The maximum absolute atomic E-state index is 13.2. The van der Waals surface area contributed by atoms with Gasteiger partial charge in [0.25, 0.3) is 5.56 Å². The summed E-state index contributed by atoms with van der Waals surface area (Å²) in [6.07, 6.45) is 0. The molecule has 0 saturated heterocycles. The zero-order chi connectivity index (χ0) is 20.2. The van der Waals surface area contributed by atoms with Crippen molar-refractivity contribution in [1.82, 2.24) is 9.55 Å². The fourth-order valence-electron chi connectivity index (χ4n) is 3.14. The van der Waals surface area contributed by atoms with Gasteiger partial charge in [0.15, 0.2) is 0 Å². The molecule has 0 saturated carbocycles. The first kappa shape index (κ1) is 19.2. The zero-order valence-corrected chi connectivity index (χ0v) is 17.4. The molecule has 5 nitrogen and oxygen atoms in total. The Morgan fingerprint density at radius 2 is 1.69 bits per heavy atom. The van der Waals surface area contributed by atoms with Gasteiger partial charge in [-0.1, -0.05) is 24.3 Å². The molecule has 0 aliphatic rings. The van der Waals surface area contributed by atoms with E-state index in [-0.39, 0.29) is 5.56 Å². The maximum Gasteiger partial charge on any atom is 0.261 e. The van der Waals surface area contributed by atoms with Crippen LogP contribution >= 0.6 is 15.9 Å². The van der Waals surface area contributed by atoms with Gasteiger partial charge in [-0.2, -0.15) is 0 Å². The molecule has 0 aliphatic heterocycles. The van der Waals surface area contributed by atoms with Crippen LogP contribution in [0.5, 0.6) is 11.5 Å². The summed E-state index contributed by atoms with van der Waals surface area (Å²) in [5.74, 6) is 2.09. The minimum absolute atomic E-state index is 0.0860. The Morgan fingerprint density at radius 3 is 2.45 bits per heavy atom. The molecular weight excluding hydrogens is 432 g/mol. The third-order valence-electron chi connectivity index (χ3n) is 4.62. The molecule has 1 heterocycles. The van der Waals surface area contributed by atoms with E-state index in [1.54, 1.807) is 17.7 Å². The Labute approximate surface area is 176 Å². The van der Waals surface area contributed by atoms with Crippen molar-refractivity contribution < 1.29 is 9.47 Å². The molecule has 0 bridgehead atoms. The van der Waals surface area contributed by atoms with Crippen molar-refractivity contribution in [1.29, 1.82) is 0 Å². The predicted octanol–water partition coefficient (Wildman–Crippen LogP) is 4.91. The van der Waals surface area contributed by atoms with Crippen molar-refractivity contribution in [2.75, 3.05) is 13.7 Å². The lowest BCUT2D eigenvalue weighted by molar-refractivity contribution is 0.295. The van der Waals surface area contributed by atoms with Crippen LogP contribution in [-0.2, 0) is 6.54 Å². The molecule has 0 N–H and O–H groups in total. The number of fused-ring (bicyclic) bond motifs is 1. The van der Waals surface area contributed by atoms with Crippen LogP contribution in [0.4, 0.5) is 0 Å². The monoisotopic (exact) mass is 450 g/mol. The largest absolute Gasteiger partial charge is 0.497 e. The standard InChI is InChI=1S/C23H19BrN2O3/c1-28-17-12-10-16(11-13-17)22-25-20-8-4-2-6-18(20)23(27)26(22)14-15-29-21-9-5-3-7-19(21)24/h2-13H,14-15H2,1H3. The van der Waals surface area contributed by atoms with Gasteiger partial charge in [-0.25, -0.2) is 4.98 Å². The Bertz CT molecular complexity index is 1200. The number of para-hydroxylation sites is 2. The third-order valence-corrected chi connectivity index (χ3v) is 5.27. The molecule has 6 heteroatoms. The molecule has 0 spiro atoms.